The molecule has 0 aromatic heterocycles. The van der Waals surface area contributed by atoms with Gasteiger partial charge in [-0.25, -0.2) is 9.00 Å². The minimum Gasteiger partial charge on any atom is -0.750 e. The first-order chi connectivity index (χ1) is 7.06. The number of carbonyl (C=O) groups excluding carboxylic acids is 1. The van der Waals surface area contributed by atoms with Crippen LogP contribution in [0.3, 0.4) is 0 Å². The van der Waals surface area contributed by atoms with Gasteiger partial charge in [0.2, 0.25) is 0 Å². The van der Waals surface area contributed by atoms with Crippen LogP contribution in [0.2, 0.25) is 0 Å². The van der Waals surface area contributed by atoms with Gasteiger partial charge >= 0.3 is 5.97 Å². The number of ether oxygens (including phenoxy) is 1. The van der Waals surface area contributed by atoms with E-state index in [-0.39, 0.29) is 5.97 Å². The predicted molar refractivity (Wildman–Crippen MR) is 60.2 cm³/mol. The lowest BCUT2D eigenvalue weighted by molar-refractivity contribution is -0.870. The molecular weight excluding hydrogens is 234 g/mol. The Labute approximate surface area is 98.6 Å². The van der Waals surface area contributed by atoms with E-state index in [1.807, 2.05) is 0 Å². The summed E-state index contributed by atoms with van der Waals surface area (Å²) in [6, 6.07) is 0. The molecule has 0 saturated heterocycles. The van der Waals surface area contributed by atoms with Crippen molar-refractivity contribution in [2.24, 2.45) is 0 Å². The molecule has 16 heavy (non-hydrogen) atoms. The molecule has 0 aromatic rings. The maximum Gasteiger partial charge on any atom is 0.333 e. The molecule has 0 fully saturated rings. The van der Waals surface area contributed by atoms with E-state index in [1.165, 1.54) is 0 Å². The number of likely N-dealkylation sites (N-methyl/N-ethyl adjacent to an activating group) is 1. The zero-order chi connectivity index (χ0) is 13.4. The third-order valence-electron chi connectivity index (χ3n) is 1.34. The third kappa shape index (κ3) is 18.9. The van der Waals surface area contributed by atoms with E-state index >= 15 is 0 Å². The second kappa shape index (κ2) is 8.40. The lowest BCUT2D eigenvalue weighted by Gasteiger charge is -2.23. The number of hydrogen-bond acceptors (Lipinski definition) is 4. The zero-order valence-corrected chi connectivity index (χ0v) is 10.9. The molecule has 1 atom stereocenters. The van der Waals surface area contributed by atoms with Crippen LogP contribution in [0.1, 0.15) is 6.92 Å². The van der Waals surface area contributed by atoms with Crippen LogP contribution >= 0.6 is 0 Å². The number of esters is 1. The van der Waals surface area contributed by atoms with Crippen LogP contribution in [-0.4, -0.2) is 58.1 Å². The van der Waals surface area contributed by atoms with E-state index in [1.54, 1.807) is 6.92 Å². The fourth-order valence-corrected chi connectivity index (χ4v) is 0.535. The lowest BCUT2D eigenvalue weighted by Crippen LogP contribution is -2.38. The van der Waals surface area contributed by atoms with Crippen molar-refractivity contribution >= 4 is 17.3 Å². The SMILES string of the molecule is C=C(C)C(=O)OCC[N+](C)(C)C.O=S([O-])O. The summed E-state index contributed by atoms with van der Waals surface area (Å²) >= 11 is -2.86. The van der Waals surface area contributed by atoms with Crippen LogP contribution in [0.15, 0.2) is 12.2 Å². The van der Waals surface area contributed by atoms with Gasteiger partial charge < -0.3 is 18.3 Å². The Balaban J connectivity index is 0. The number of carbonyl (C=O) groups is 1. The van der Waals surface area contributed by atoms with Gasteiger partial charge in [0.25, 0.3) is 0 Å². The number of quaternary nitrogens is 1. The molecule has 0 rings (SSSR count). The van der Waals surface area contributed by atoms with Gasteiger partial charge in [-0.05, 0) is 6.92 Å². The van der Waals surface area contributed by atoms with E-state index < -0.39 is 11.4 Å². The highest BCUT2D eigenvalue weighted by atomic mass is 32.2. The number of rotatable bonds is 4. The summed E-state index contributed by atoms with van der Waals surface area (Å²) in [6.45, 7) is 6.41. The average Bonchev–Trinajstić information content (AvgIpc) is 2.00. The van der Waals surface area contributed by atoms with E-state index in [0.717, 1.165) is 11.0 Å². The molecule has 0 aliphatic carbocycles. The van der Waals surface area contributed by atoms with Crippen LogP contribution in [0.4, 0.5) is 0 Å². The standard InChI is InChI=1S/C9H18NO2.H2O3S/c1-8(2)9(11)12-7-6-10(3,4)5;1-4(2)3/h1,6-7H2,2-5H3;(H2,1,2,3)/q+1;/p-1. The van der Waals surface area contributed by atoms with Crippen LogP contribution in [-0.2, 0) is 20.9 Å². The van der Waals surface area contributed by atoms with Gasteiger partial charge in [0, 0.05) is 5.57 Å². The highest BCUT2D eigenvalue weighted by Crippen LogP contribution is 1.94. The molecule has 0 radical (unpaired) electrons. The van der Waals surface area contributed by atoms with Crippen LogP contribution in [0, 0.1) is 0 Å². The first kappa shape index (κ1) is 17.6. The second-order valence-electron chi connectivity index (χ2n) is 4.15. The summed E-state index contributed by atoms with van der Waals surface area (Å²) in [5, 5.41) is 0. The van der Waals surface area contributed by atoms with Gasteiger partial charge in [-0.1, -0.05) is 6.58 Å². The molecule has 1 N–H and O–H groups in total. The summed E-state index contributed by atoms with van der Waals surface area (Å²) in [6.07, 6.45) is 0. The van der Waals surface area contributed by atoms with Crippen molar-refractivity contribution in [3.8, 4) is 0 Å². The van der Waals surface area contributed by atoms with E-state index in [2.05, 4.69) is 27.7 Å². The summed E-state index contributed by atoms with van der Waals surface area (Å²) in [5.74, 6) is -0.302. The molecule has 0 aromatic carbocycles. The molecule has 0 heterocycles. The second-order valence-corrected chi connectivity index (χ2v) is 4.58. The van der Waals surface area contributed by atoms with Crippen molar-refractivity contribution in [2.45, 2.75) is 6.92 Å². The Bertz CT molecular complexity index is 255. The summed E-state index contributed by atoms with van der Waals surface area (Å²) in [5.41, 5.74) is 0.455. The minimum absolute atomic E-state index is 0.302. The topological polar surface area (TPSA) is 86.7 Å². The molecule has 0 amide bonds. The molecule has 6 nitrogen and oxygen atoms in total. The molecule has 1 unspecified atom stereocenters. The van der Waals surface area contributed by atoms with Crippen molar-refractivity contribution < 1.29 is 27.3 Å². The maximum absolute atomic E-state index is 10.9. The van der Waals surface area contributed by atoms with Crippen LogP contribution in [0.5, 0.6) is 0 Å². The van der Waals surface area contributed by atoms with Gasteiger partial charge in [0.15, 0.2) is 0 Å². The Morgan fingerprint density at radius 2 is 1.88 bits per heavy atom. The largest absolute Gasteiger partial charge is 0.750 e. The molecule has 0 bridgehead atoms. The molecule has 0 aliphatic heterocycles. The van der Waals surface area contributed by atoms with E-state index in [0.29, 0.717) is 12.2 Å². The smallest absolute Gasteiger partial charge is 0.333 e. The maximum atomic E-state index is 10.9. The van der Waals surface area contributed by atoms with Crippen molar-refractivity contribution in [1.82, 2.24) is 0 Å². The average molecular weight is 253 g/mol. The van der Waals surface area contributed by atoms with E-state index in [9.17, 15) is 4.79 Å². The normalized spacial score (nSPS) is 12.1. The van der Waals surface area contributed by atoms with Crippen LogP contribution in [0.25, 0.3) is 0 Å². The Hall–Kier alpha value is -0.760. The molecule has 0 spiro atoms. The summed E-state index contributed by atoms with van der Waals surface area (Å²) in [7, 11) is 6.15. The van der Waals surface area contributed by atoms with Crippen molar-refractivity contribution in [2.75, 3.05) is 34.3 Å². The number of hydrogen-bond donors (Lipinski definition) is 1. The third-order valence-corrected chi connectivity index (χ3v) is 1.34. The monoisotopic (exact) mass is 253 g/mol. The minimum atomic E-state index is -2.86. The highest BCUT2D eigenvalue weighted by Gasteiger charge is 2.09. The van der Waals surface area contributed by atoms with E-state index in [4.69, 9.17) is 18.1 Å². The van der Waals surface area contributed by atoms with Gasteiger partial charge in [0.05, 0.1) is 32.5 Å². The molecule has 7 heteroatoms. The Morgan fingerprint density at radius 3 is 2.12 bits per heavy atom. The number of nitrogens with zero attached hydrogens (tertiary/aromatic N) is 1. The van der Waals surface area contributed by atoms with Gasteiger partial charge in [0.1, 0.15) is 13.2 Å². The Kier molecular flexibility index (Phi) is 9.25. The van der Waals surface area contributed by atoms with Crippen LogP contribution < -0.4 is 0 Å². The summed E-state index contributed by atoms with van der Waals surface area (Å²) < 4.78 is 29.8. The van der Waals surface area contributed by atoms with Gasteiger partial charge in [-0.3, -0.25) is 0 Å². The van der Waals surface area contributed by atoms with Gasteiger partial charge in [-0.15, -0.1) is 0 Å². The Morgan fingerprint density at radius 1 is 1.50 bits per heavy atom. The van der Waals surface area contributed by atoms with Crippen molar-refractivity contribution in [3.05, 3.63) is 12.2 Å². The summed E-state index contributed by atoms with van der Waals surface area (Å²) in [4.78, 5) is 10.9. The van der Waals surface area contributed by atoms with Crippen molar-refractivity contribution in [3.63, 3.8) is 0 Å². The molecular formula is C9H19NO5S. The first-order valence-electron chi connectivity index (χ1n) is 4.47. The highest BCUT2D eigenvalue weighted by molar-refractivity contribution is 7.73. The predicted octanol–water partition coefficient (Wildman–Crippen LogP) is 0.150. The molecule has 0 aliphatic rings. The fraction of sp³-hybridized carbons (Fsp3) is 0.667. The fourth-order valence-electron chi connectivity index (χ4n) is 0.535. The molecule has 0 saturated carbocycles. The lowest BCUT2D eigenvalue weighted by atomic mass is 10.4. The first-order valence-corrected chi connectivity index (χ1v) is 5.51. The molecule has 96 valence electrons. The quantitative estimate of drug-likeness (QED) is 0.333. The van der Waals surface area contributed by atoms with Crippen molar-refractivity contribution in [1.29, 1.82) is 0 Å². The van der Waals surface area contributed by atoms with Gasteiger partial charge in [-0.2, -0.15) is 0 Å². The zero-order valence-electron chi connectivity index (χ0n) is 10.1.